The van der Waals surface area contributed by atoms with Crippen molar-refractivity contribution in [2.75, 3.05) is 13.1 Å². The van der Waals surface area contributed by atoms with Crippen molar-refractivity contribution in [1.82, 2.24) is 4.90 Å². The van der Waals surface area contributed by atoms with Crippen LogP contribution in [0.5, 0.6) is 0 Å². The molecule has 1 aliphatic rings. The standard InChI is InChI=1S/C13H20BNO3/c1-10-7-15(8-11(2)18-10)9-12-3-5-13(6-4-12)14(16)17/h3-6,10-11,16-17H,7-9H2,1-2H3/t10-,11+. The number of hydrogen-bond donors (Lipinski definition) is 2. The first kappa shape index (κ1) is 13.6. The largest absolute Gasteiger partial charge is 0.488 e. The maximum atomic E-state index is 9.03. The van der Waals surface area contributed by atoms with Crippen molar-refractivity contribution in [2.45, 2.75) is 32.6 Å². The average Bonchev–Trinajstić information content (AvgIpc) is 2.28. The summed E-state index contributed by atoms with van der Waals surface area (Å²) in [5, 5.41) is 18.1. The summed E-state index contributed by atoms with van der Waals surface area (Å²) >= 11 is 0. The molecule has 2 atom stereocenters. The van der Waals surface area contributed by atoms with Gasteiger partial charge in [-0.25, -0.2) is 0 Å². The Kier molecular flexibility index (Phi) is 4.40. The summed E-state index contributed by atoms with van der Waals surface area (Å²) in [5.74, 6) is 0. The fourth-order valence-electron chi connectivity index (χ4n) is 2.47. The van der Waals surface area contributed by atoms with Crippen LogP contribution in [-0.2, 0) is 11.3 Å². The van der Waals surface area contributed by atoms with Gasteiger partial charge in [0.2, 0.25) is 0 Å². The lowest BCUT2D eigenvalue weighted by Crippen LogP contribution is -2.44. The summed E-state index contributed by atoms with van der Waals surface area (Å²) in [6.07, 6.45) is 0.541. The Bertz CT molecular complexity index is 372. The zero-order valence-corrected chi connectivity index (χ0v) is 10.9. The third-order valence-electron chi connectivity index (χ3n) is 3.18. The average molecular weight is 249 g/mol. The molecular formula is C13H20BNO3. The zero-order chi connectivity index (χ0) is 13.1. The molecule has 1 heterocycles. The Hall–Kier alpha value is -0.875. The van der Waals surface area contributed by atoms with Gasteiger partial charge >= 0.3 is 7.12 Å². The van der Waals surface area contributed by atoms with Gasteiger partial charge in [0, 0.05) is 19.6 Å². The second kappa shape index (κ2) is 5.84. The maximum absolute atomic E-state index is 9.03. The van der Waals surface area contributed by atoms with E-state index < -0.39 is 7.12 Å². The molecule has 1 aromatic carbocycles. The van der Waals surface area contributed by atoms with Crippen molar-refractivity contribution in [3.05, 3.63) is 29.8 Å². The zero-order valence-electron chi connectivity index (χ0n) is 10.9. The Morgan fingerprint density at radius 3 is 2.22 bits per heavy atom. The molecule has 0 bridgehead atoms. The van der Waals surface area contributed by atoms with Crippen LogP contribution < -0.4 is 5.46 Å². The lowest BCUT2D eigenvalue weighted by atomic mass is 9.80. The van der Waals surface area contributed by atoms with E-state index in [2.05, 4.69) is 18.7 Å². The molecule has 2 N–H and O–H groups in total. The predicted molar refractivity (Wildman–Crippen MR) is 71.6 cm³/mol. The second-order valence-corrected chi connectivity index (χ2v) is 5.07. The first-order chi connectivity index (χ1) is 8.54. The summed E-state index contributed by atoms with van der Waals surface area (Å²) in [4.78, 5) is 2.36. The van der Waals surface area contributed by atoms with Gasteiger partial charge in [0.05, 0.1) is 12.2 Å². The van der Waals surface area contributed by atoms with Crippen molar-refractivity contribution in [3.63, 3.8) is 0 Å². The molecule has 4 nitrogen and oxygen atoms in total. The number of benzene rings is 1. The van der Waals surface area contributed by atoms with E-state index in [1.807, 2.05) is 12.1 Å². The molecule has 0 saturated carbocycles. The molecule has 1 saturated heterocycles. The van der Waals surface area contributed by atoms with Crippen LogP contribution in [0.4, 0.5) is 0 Å². The molecule has 0 unspecified atom stereocenters. The minimum absolute atomic E-state index is 0.271. The van der Waals surface area contributed by atoms with Gasteiger partial charge in [-0.3, -0.25) is 4.90 Å². The van der Waals surface area contributed by atoms with Gasteiger partial charge in [-0.05, 0) is 24.9 Å². The van der Waals surface area contributed by atoms with Gasteiger partial charge in [-0.15, -0.1) is 0 Å². The number of nitrogens with zero attached hydrogens (tertiary/aromatic N) is 1. The molecule has 0 radical (unpaired) electrons. The lowest BCUT2D eigenvalue weighted by Gasteiger charge is -2.35. The van der Waals surface area contributed by atoms with Gasteiger partial charge in [0.25, 0.3) is 0 Å². The fraction of sp³-hybridized carbons (Fsp3) is 0.538. The molecule has 1 aliphatic heterocycles. The molecule has 0 amide bonds. The number of rotatable bonds is 3. The molecule has 5 heteroatoms. The fourth-order valence-corrected chi connectivity index (χ4v) is 2.47. The second-order valence-electron chi connectivity index (χ2n) is 5.07. The minimum atomic E-state index is -1.39. The summed E-state index contributed by atoms with van der Waals surface area (Å²) in [5.41, 5.74) is 1.71. The van der Waals surface area contributed by atoms with Crippen LogP contribution in [0.3, 0.4) is 0 Å². The number of hydrogen-bond acceptors (Lipinski definition) is 4. The first-order valence-corrected chi connectivity index (χ1v) is 6.37. The van der Waals surface area contributed by atoms with Crippen molar-refractivity contribution in [2.24, 2.45) is 0 Å². The van der Waals surface area contributed by atoms with Crippen LogP contribution in [0, 0.1) is 0 Å². The predicted octanol–water partition coefficient (Wildman–Crippen LogP) is -0.0244. The summed E-state index contributed by atoms with van der Waals surface area (Å²) < 4.78 is 5.70. The van der Waals surface area contributed by atoms with Gasteiger partial charge in [-0.1, -0.05) is 24.3 Å². The third kappa shape index (κ3) is 3.56. The number of morpholine rings is 1. The van der Waals surface area contributed by atoms with Crippen LogP contribution in [0.1, 0.15) is 19.4 Å². The Morgan fingerprint density at radius 1 is 1.17 bits per heavy atom. The van der Waals surface area contributed by atoms with Crippen LogP contribution in [0.15, 0.2) is 24.3 Å². The van der Waals surface area contributed by atoms with E-state index in [0.717, 1.165) is 19.6 Å². The van der Waals surface area contributed by atoms with Crippen LogP contribution in [0.2, 0.25) is 0 Å². The Balaban J connectivity index is 1.96. The highest BCUT2D eigenvalue weighted by Crippen LogP contribution is 2.13. The third-order valence-corrected chi connectivity index (χ3v) is 3.18. The van der Waals surface area contributed by atoms with Crippen LogP contribution >= 0.6 is 0 Å². The lowest BCUT2D eigenvalue weighted by molar-refractivity contribution is -0.0704. The topological polar surface area (TPSA) is 52.9 Å². The van der Waals surface area contributed by atoms with Crippen LogP contribution in [-0.4, -0.2) is 47.4 Å². The molecule has 98 valence electrons. The van der Waals surface area contributed by atoms with Gasteiger partial charge in [0.15, 0.2) is 0 Å². The molecule has 0 aliphatic carbocycles. The molecule has 2 rings (SSSR count). The molecule has 0 aromatic heterocycles. The van der Waals surface area contributed by atoms with Gasteiger partial charge in [0.1, 0.15) is 0 Å². The summed E-state index contributed by atoms with van der Waals surface area (Å²) in [6, 6.07) is 7.40. The van der Waals surface area contributed by atoms with E-state index in [4.69, 9.17) is 14.8 Å². The maximum Gasteiger partial charge on any atom is 0.488 e. The van der Waals surface area contributed by atoms with Crippen molar-refractivity contribution in [3.8, 4) is 0 Å². The Labute approximate surface area is 108 Å². The monoisotopic (exact) mass is 249 g/mol. The molecule has 0 spiro atoms. The SMILES string of the molecule is C[C@@H]1CN(Cc2ccc(B(O)O)cc2)C[C@H](C)O1. The van der Waals surface area contributed by atoms with Crippen molar-refractivity contribution in [1.29, 1.82) is 0 Å². The minimum Gasteiger partial charge on any atom is -0.423 e. The van der Waals surface area contributed by atoms with E-state index in [-0.39, 0.29) is 12.2 Å². The first-order valence-electron chi connectivity index (χ1n) is 6.37. The Morgan fingerprint density at radius 2 is 1.72 bits per heavy atom. The summed E-state index contributed by atoms with van der Waals surface area (Å²) in [6.45, 7) is 6.94. The highest BCUT2D eigenvalue weighted by atomic mass is 16.5. The van der Waals surface area contributed by atoms with E-state index in [1.54, 1.807) is 12.1 Å². The molecule has 1 fully saturated rings. The molecule has 1 aromatic rings. The number of ether oxygens (including phenoxy) is 1. The smallest absolute Gasteiger partial charge is 0.423 e. The van der Waals surface area contributed by atoms with E-state index >= 15 is 0 Å². The molecule has 18 heavy (non-hydrogen) atoms. The van der Waals surface area contributed by atoms with E-state index in [9.17, 15) is 0 Å². The normalized spacial score (nSPS) is 25.1. The van der Waals surface area contributed by atoms with E-state index in [0.29, 0.717) is 5.46 Å². The molecular weight excluding hydrogens is 229 g/mol. The van der Waals surface area contributed by atoms with Crippen LogP contribution in [0.25, 0.3) is 0 Å². The highest BCUT2D eigenvalue weighted by molar-refractivity contribution is 6.58. The van der Waals surface area contributed by atoms with Gasteiger partial charge in [-0.2, -0.15) is 0 Å². The van der Waals surface area contributed by atoms with Crippen molar-refractivity contribution < 1.29 is 14.8 Å². The van der Waals surface area contributed by atoms with Gasteiger partial charge < -0.3 is 14.8 Å². The van der Waals surface area contributed by atoms with Crippen molar-refractivity contribution >= 4 is 12.6 Å². The van der Waals surface area contributed by atoms with E-state index in [1.165, 1.54) is 5.56 Å². The quantitative estimate of drug-likeness (QED) is 0.739. The highest BCUT2D eigenvalue weighted by Gasteiger charge is 2.22. The summed E-state index contributed by atoms with van der Waals surface area (Å²) in [7, 11) is -1.39.